The summed E-state index contributed by atoms with van der Waals surface area (Å²) in [6.07, 6.45) is 4.45. The largest absolute Gasteiger partial charge is 0.299 e. The third-order valence-electron chi connectivity index (χ3n) is 1.57. The summed E-state index contributed by atoms with van der Waals surface area (Å²) in [5, 5.41) is 3.73. The third kappa shape index (κ3) is 1.12. The molecule has 0 aromatic heterocycles. The van der Waals surface area contributed by atoms with Crippen molar-refractivity contribution >= 4 is 23.5 Å². The first-order valence-corrected chi connectivity index (χ1v) is 3.72. The van der Waals surface area contributed by atoms with Gasteiger partial charge in [-0.2, -0.15) is 0 Å². The van der Waals surface area contributed by atoms with Crippen molar-refractivity contribution < 1.29 is 0 Å². The van der Waals surface area contributed by atoms with Gasteiger partial charge in [-0.1, -0.05) is 12.2 Å². The first-order chi connectivity index (χ1) is 5.25. The number of fused-ring (bicyclic) bond motifs is 1. The zero-order valence-electron chi connectivity index (χ0n) is 6.11. The highest BCUT2D eigenvalue weighted by atomic mass is 32.1. The molecule has 11 heavy (non-hydrogen) atoms. The van der Waals surface area contributed by atoms with Gasteiger partial charge in [0.05, 0.1) is 5.70 Å². The SMILES string of the molecule is CN1C=C2CC(=S)N=CN2N1. The van der Waals surface area contributed by atoms with Gasteiger partial charge in [-0.05, 0) is 0 Å². The second-order valence-corrected chi connectivity index (χ2v) is 2.99. The lowest BCUT2D eigenvalue weighted by molar-refractivity contribution is 0.229. The molecule has 0 radical (unpaired) electrons. The molecule has 5 heteroatoms. The standard InChI is InChI=1S/C6H8N4S/c1-9-3-5-2-6(11)7-4-10(5)8-9/h3-4,8H,2H2,1H3. The van der Waals surface area contributed by atoms with E-state index in [1.807, 2.05) is 23.3 Å². The Morgan fingerprint density at radius 1 is 1.73 bits per heavy atom. The Balaban J connectivity index is 2.27. The fraction of sp³-hybridized carbons (Fsp3) is 0.333. The number of thiocarbonyl (C=S) groups is 1. The minimum Gasteiger partial charge on any atom is -0.299 e. The number of hydrogen-bond donors (Lipinski definition) is 1. The molecule has 2 aliphatic heterocycles. The second-order valence-electron chi connectivity index (χ2n) is 2.52. The minimum absolute atomic E-state index is 0.740. The zero-order chi connectivity index (χ0) is 7.84. The van der Waals surface area contributed by atoms with Crippen molar-refractivity contribution in [2.24, 2.45) is 4.99 Å². The van der Waals surface area contributed by atoms with Crippen LogP contribution in [0.1, 0.15) is 6.42 Å². The molecule has 0 fully saturated rings. The Kier molecular flexibility index (Phi) is 1.40. The maximum atomic E-state index is 4.96. The van der Waals surface area contributed by atoms with E-state index in [1.165, 1.54) is 0 Å². The highest BCUT2D eigenvalue weighted by molar-refractivity contribution is 7.80. The van der Waals surface area contributed by atoms with E-state index < -0.39 is 0 Å². The summed E-state index contributed by atoms with van der Waals surface area (Å²) in [5.74, 6) is 0. The van der Waals surface area contributed by atoms with Crippen LogP contribution in [-0.2, 0) is 0 Å². The van der Waals surface area contributed by atoms with Crippen molar-refractivity contribution in [1.82, 2.24) is 15.6 Å². The van der Waals surface area contributed by atoms with Gasteiger partial charge >= 0.3 is 0 Å². The fourth-order valence-corrected chi connectivity index (χ4v) is 1.30. The van der Waals surface area contributed by atoms with Gasteiger partial charge in [0.2, 0.25) is 0 Å². The van der Waals surface area contributed by atoms with Gasteiger partial charge in [0.15, 0.2) is 0 Å². The third-order valence-corrected chi connectivity index (χ3v) is 1.82. The van der Waals surface area contributed by atoms with E-state index in [4.69, 9.17) is 12.2 Å². The lowest BCUT2D eigenvalue weighted by atomic mass is 10.3. The first-order valence-electron chi connectivity index (χ1n) is 3.32. The Morgan fingerprint density at radius 3 is 3.36 bits per heavy atom. The lowest BCUT2D eigenvalue weighted by Crippen LogP contribution is -2.39. The number of hydrazine groups is 2. The van der Waals surface area contributed by atoms with E-state index in [1.54, 1.807) is 6.34 Å². The summed E-state index contributed by atoms with van der Waals surface area (Å²) in [4.78, 5) is 4.75. The molecule has 1 N–H and O–H groups in total. The molecule has 0 aromatic carbocycles. The van der Waals surface area contributed by atoms with Gasteiger partial charge in [0.1, 0.15) is 11.3 Å². The highest BCUT2D eigenvalue weighted by Gasteiger charge is 2.20. The summed E-state index contributed by atoms with van der Waals surface area (Å²) in [7, 11) is 1.93. The summed E-state index contributed by atoms with van der Waals surface area (Å²) < 4.78 is 0. The van der Waals surface area contributed by atoms with Crippen LogP contribution in [-0.4, -0.2) is 28.4 Å². The predicted molar refractivity (Wildman–Crippen MR) is 46.5 cm³/mol. The molecule has 58 valence electrons. The highest BCUT2D eigenvalue weighted by Crippen LogP contribution is 2.16. The van der Waals surface area contributed by atoms with E-state index in [9.17, 15) is 0 Å². The van der Waals surface area contributed by atoms with Crippen LogP contribution in [0.15, 0.2) is 16.9 Å². The number of aliphatic imine (C=N–C) groups is 1. The smallest absolute Gasteiger partial charge is 0.113 e. The van der Waals surface area contributed by atoms with Crippen LogP contribution < -0.4 is 5.53 Å². The molecule has 0 aromatic rings. The molecule has 0 saturated carbocycles. The van der Waals surface area contributed by atoms with Crippen LogP contribution in [0.25, 0.3) is 0 Å². The van der Waals surface area contributed by atoms with Crippen LogP contribution in [0.2, 0.25) is 0 Å². The normalized spacial score (nSPS) is 22.3. The molecule has 4 nitrogen and oxygen atoms in total. The van der Waals surface area contributed by atoms with Crippen molar-refractivity contribution in [3.05, 3.63) is 11.9 Å². The average molecular weight is 168 g/mol. The quantitative estimate of drug-likeness (QED) is 0.525. The molecule has 2 heterocycles. The van der Waals surface area contributed by atoms with Crippen LogP contribution in [0.5, 0.6) is 0 Å². The maximum absolute atomic E-state index is 4.96. The number of nitrogens with one attached hydrogen (secondary N) is 1. The lowest BCUT2D eigenvalue weighted by Gasteiger charge is -2.20. The Hall–Kier alpha value is -0.940. The summed E-state index contributed by atoms with van der Waals surface area (Å²) >= 11 is 4.96. The number of hydrogen-bond acceptors (Lipinski definition) is 4. The average Bonchev–Trinajstić information content (AvgIpc) is 2.27. The Morgan fingerprint density at radius 2 is 2.55 bits per heavy atom. The van der Waals surface area contributed by atoms with Gasteiger partial charge < -0.3 is 0 Å². The van der Waals surface area contributed by atoms with Crippen molar-refractivity contribution in [2.75, 3.05) is 7.05 Å². The van der Waals surface area contributed by atoms with Gasteiger partial charge in [0.25, 0.3) is 0 Å². The van der Waals surface area contributed by atoms with Crippen molar-refractivity contribution in [3.63, 3.8) is 0 Å². The van der Waals surface area contributed by atoms with Crippen LogP contribution >= 0.6 is 12.2 Å². The molecular weight excluding hydrogens is 160 g/mol. The van der Waals surface area contributed by atoms with E-state index in [0.29, 0.717) is 0 Å². The van der Waals surface area contributed by atoms with Crippen molar-refractivity contribution in [1.29, 1.82) is 0 Å². The van der Waals surface area contributed by atoms with E-state index in [2.05, 4.69) is 10.5 Å². The summed E-state index contributed by atoms with van der Waals surface area (Å²) in [6, 6.07) is 0. The van der Waals surface area contributed by atoms with Crippen LogP contribution in [0.3, 0.4) is 0 Å². The van der Waals surface area contributed by atoms with E-state index >= 15 is 0 Å². The van der Waals surface area contributed by atoms with Crippen LogP contribution in [0.4, 0.5) is 0 Å². The first kappa shape index (κ1) is 6.75. The summed E-state index contributed by atoms with van der Waals surface area (Å²) in [6.45, 7) is 0. The van der Waals surface area contributed by atoms with Crippen molar-refractivity contribution in [2.45, 2.75) is 6.42 Å². The molecule has 0 unspecified atom stereocenters. The fourth-order valence-electron chi connectivity index (χ4n) is 1.10. The van der Waals surface area contributed by atoms with Gasteiger partial charge in [-0.25, -0.2) is 4.99 Å². The Bertz CT molecular complexity index is 257. The number of rotatable bonds is 0. The minimum atomic E-state index is 0.740. The molecule has 0 bridgehead atoms. The topological polar surface area (TPSA) is 30.9 Å². The predicted octanol–water partition coefficient (Wildman–Crippen LogP) is 0.254. The monoisotopic (exact) mass is 168 g/mol. The van der Waals surface area contributed by atoms with Crippen molar-refractivity contribution in [3.8, 4) is 0 Å². The Labute approximate surface area is 70.1 Å². The molecule has 0 saturated heterocycles. The molecule has 0 aliphatic carbocycles. The van der Waals surface area contributed by atoms with Crippen LogP contribution in [0, 0.1) is 0 Å². The molecule has 0 spiro atoms. The second kappa shape index (κ2) is 2.28. The summed E-state index contributed by atoms with van der Waals surface area (Å²) in [5.41, 5.74) is 4.19. The van der Waals surface area contributed by atoms with Gasteiger partial charge in [-0.15, -0.1) is 5.53 Å². The van der Waals surface area contributed by atoms with E-state index in [0.717, 1.165) is 17.1 Å². The maximum Gasteiger partial charge on any atom is 0.113 e. The van der Waals surface area contributed by atoms with Gasteiger partial charge in [-0.3, -0.25) is 10.0 Å². The molecule has 0 atom stereocenters. The van der Waals surface area contributed by atoms with E-state index in [-0.39, 0.29) is 0 Å². The van der Waals surface area contributed by atoms with Gasteiger partial charge in [0, 0.05) is 19.7 Å². The molecular formula is C6H8N4S. The molecule has 0 amide bonds. The molecule has 2 aliphatic rings. The number of nitrogens with zero attached hydrogens (tertiary/aromatic N) is 3. The molecule has 2 rings (SSSR count). The zero-order valence-corrected chi connectivity index (χ0v) is 6.93.